The van der Waals surface area contributed by atoms with Gasteiger partial charge in [-0.2, -0.15) is 5.26 Å². The fourth-order valence-electron chi connectivity index (χ4n) is 1.69. The van der Waals surface area contributed by atoms with Gasteiger partial charge in [-0.1, -0.05) is 19.9 Å². The highest BCUT2D eigenvalue weighted by atomic mass is 16.2. The minimum Gasteiger partial charge on any atom is -0.396 e. The first-order valence-electron chi connectivity index (χ1n) is 5.92. The van der Waals surface area contributed by atoms with Crippen molar-refractivity contribution in [3.05, 3.63) is 29.8 Å². The summed E-state index contributed by atoms with van der Waals surface area (Å²) in [7, 11) is 0. The number of hydrogen-bond acceptors (Lipinski definition) is 3. The SMILES string of the molecule is CC(C)(CCCO)CNc1cccc(C#N)c1. The van der Waals surface area contributed by atoms with E-state index in [1.54, 1.807) is 6.07 Å². The molecule has 0 saturated heterocycles. The van der Waals surface area contributed by atoms with Crippen LogP contribution in [0.25, 0.3) is 0 Å². The van der Waals surface area contributed by atoms with Gasteiger partial charge < -0.3 is 10.4 Å². The molecular weight excluding hydrogens is 212 g/mol. The first kappa shape index (κ1) is 13.5. The number of benzene rings is 1. The maximum absolute atomic E-state index is 8.83. The van der Waals surface area contributed by atoms with Gasteiger partial charge in [0, 0.05) is 18.8 Å². The number of nitrogens with one attached hydrogen (secondary N) is 1. The molecule has 0 heterocycles. The van der Waals surface area contributed by atoms with Gasteiger partial charge in [-0.3, -0.25) is 0 Å². The minimum absolute atomic E-state index is 0.144. The summed E-state index contributed by atoms with van der Waals surface area (Å²) >= 11 is 0. The van der Waals surface area contributed by atoms with Crippen LogP contribution in [0.5, 0.6) is 0 Å². The van der Waals surface area contributed by atoms with Crippen LogP contribution in [0.2, 0.25) is 0 Å². The van der Waals surface area contributed by atoms with Crippen LogP contribution in [0, 0.1) is 16.7 Å². The van der Waals surface area contributed by atoms with Gasteiger partial charge >= 0.3 is 0 Å². The monoisotopic (exact) mass is 232 g/mol. The average Bonchev–Trinajstić information content (AvgIpc) is 2.34. The second kappa shape index (κ2) is 6.27. The Hall–Kier alpha value is -1.53. The Labute approximate surface area is 103 Å². The van der Waals surface area contributed by atoms with Crippen LogP contribution in [0.3, 0.4) is 0 Å². The Balaban J connectivity index is 2.52. The van der Waals surface area contributed by atoms with Crippen LogP contribution in [0.15, 0.2) is 24.3 Å². The quantitative estimate of drug-likeness (QED) is 0.793. The standard InChI is InChI=1S/C14H20N2O/c1-14(2,7-4-8-17)11-16-13-6-3-5-12(9-13)10-15/h3,5-6,9,16-17H,4,7-8,11H2,1-2H3. The fraction of sp³-hybridized carbons (Fsp3) is 0.500. The summed E-state index contributed by atoms with van der Waals surface area (Å²) in [5.74, 6) is 0. The average molecular weight is 232 g/mol. The summed E-state index contributed by atoms with van der Waals surface area (Å²) in [4.78, 5) is 0. The Morgan fingerprint density at radius 2 is 2.18 bits per heavy atom. The Morgan fingerprint density at radius 1 is 1.41 bits per heavy atom. The number of hydrogen-bond donors (Lipinski definition) is 2. The molecule has 1 aromatic carbocycles. The zero-order valence-corrected chi connectivity index (χ0v) is 10.5. The first-order valence-corrected chi connectivity index (χ1v) is 5.92. The molecule has 0 atom stereocenters. The van der Waals surface area contributed by atoms with Gasteiger partial charge in [-0.15, -0.1) is 0 Å². The van der Waals surface area contributed by atoms with Gasteiger partial charge in [-0.05, 0) is 36.5 Å². The van der Waals surface area contributed by atoms with Gasteiger partial charge in [0.2, 0.25) is 0 Å². The van der Waals surface area contributed by atoms with Crippen molar-refractivity contribution in [3.8, 4) is 6.07 Å². The molecule has 1 rings (SSSR count). The van der Waals surface area contributed by atoms with Crippen molar-refractivity contribution in [1.29, 1.82) is 5.26 Å². The molecule has 17 heavy (non-hydrogen) atoms. The highest BCUT2D eigenvalue weighted by molar-refractivity contribution is 5.49. The Morgan fingerprint density at radius 3 is 2.82 bits per heavy atom. The second-order valence-electron chi connectivity index (χ2n) is 5.04. The minimum atomic E-state index is 0.144. The molecule has 92 valence electrons. The van der Waals surface area contributed by atoms with Crippen LogP contribution < -0.4 is 5.32 Å². The molecule has 0 amide bonds. The fourth-order valence-corrected chi connectivity index (χ4v) is 1.69. The molecule has 3 nitrogen and oxygen atoms in total. The van der Waals surface area contributed by atoms with Crippen molar-refractivity contribution < 1.29 is 5.11 Å². The van der Waals surface area contributed by atoms with Gasteiger partial charge in [-0.25, -0.2) is 0 Å². The summed E-state index contributed by atoms with van der Waals surface area (Å²) < 4.78 is 0. The Kier molecular flexibility index (Phi) is 4.99. The molecule has 0 spiro atoms. The van der Waals surface area contributed by atoms with Crippen LogP contribution in [-0.2, 0) is 0 Å². The van der Waals surface area contributed by atoms with Crippen molar-refractivity contribution in [2.75, 3.05) is 18.5 Å². The highest BCUT2D eigenvalue weighted by Gasteiger charge is 2.16. The maximum Gasteiger partial charge on any atom is 0.0992 e. The van der Waals surface area contributed by atoms with E-state index < -0.39 is 0 Å². The molecular formula is C14H20N2O. The molecule has 0 bridgehead atoms. The zero-order chi connectivity index (χ0) is 12.7. The van der Waals surface area contributed by atoms with E-state index in [2.05, 4.69) is 25.2 Å². The van der Waals surface area contributed by atoms with Crippen molar-refractivity contribution in [3.63, 3.8) is 0 Å². The predicted octanol–water partition coefficient (Wildman–Crippen LogP) is 2.77. The van der Waals surface area contributed by atoms with E-state index in [1.807, 2.05) is 18.2 Å². The largest absolute Gasteiger partial charge is 0.396 e. The molecule has 0 aliphatic heterocycles. The van der Waals surface area contributed by atoms with Gasteiger partial charge in [0.25, 0.3) is 0 Å². The van der Waals surface area contributed by atoms with Crippen molar-refractivity contribution in [2.45, 2.75) is 26.7 Å². The molecule has 0 aliphatic carbocycles. The highest BCUT2D eigenvalue weighted by Crippen LogP contribution is 2.23. The second-order valence-corrected chi connectivity index (χ2v) is 5.04. The van der Waals surface area contributed by atoms with Crippen LogP contribution >= 0.6 is 0 Å². The third kappa shape index (κ3) is 4.88. The normalized spacial score (nSPS) is 10.9. The third-order valence-corrected chi connectivity index (χ3v) is 2.77. The summed E-state index contributed by atoms with van der Waals surface area (Å²) in [5.41, 5.74) is 1.79. The molecule has 0 radical (unpaired) electrons. The van der Waals surface area contributed by atoms with Crippen LogP contribution in [0.1, 0.15) is 32.3 Å². The van der Waals surface area contributed by atoms with E-state index in [1.165, 1.54) is 0 Å². The lowest BCUT2D eigenvalue weighted by Crippen LogP contribution is -2.23. The van der Waals surface area contributed by atoms with Crippen molar-refractivity contribution >= 4 is 5.69 Å². The molecule has 3 heteroatoms. The number of aliphatic hydroxyl groups excluding tert-OH is 1. The van der Waals surface area contributed by atoms with E-state index in [0.717, 1.165) is 25.1 Å². The number of rotatable bonds is 6. The lowest BCUT2D eigenvalue weighted by molar-refractivity contribution is 0.248. The molecule has 0 aliphatic rings. The van der Waals surface area contributed by atoms with E-state index in [0.29, 0.717) is 5.56 Å². The molecule has 0 aromatic heterocycles. The van der Waals surface area contributed by atoms with E-state index in [-0.39, 0.29) is 12.0 Å². The summed E-state index contributed by atoms with van der Waals surface area (Å²) in [6, 6.07) is 9.61. The van der Waals surface area contributed by atoms with Gasteiger partial charge in [0.05, 0.1) is 11.6 Å². The molecule has 1 aromatic rings. The maximum atomic E-state index is 8.83. The van der Waals surface area contributed by atoms with E-state index >= 15 is 0 Å². The molecule has 0 saturated carbocycles. The topological polar surface area (TPSA) is 56.0 Å². The predicted molar refractivity (Wildman–Crippen MR) is 69.7 cm³/mol. The Bertz CT molecular complexity index is 393. The third-order valence-electron chi connectivity index (χ3n) is 2.77. The molecule has 2 N–H and O–H groups in total. The number of aliphatic hydroxyl groups is 1. The smallest absolute Gasteiger partial charge is 0.0992 e. The lowest BCUT2D eigenvalue weighted by atomic mass is 9.88. The van der Waals surface area contributed by atoms with Crippen molar-refractivity contribution in [2.24, 2.45) is 5.41 Å². The van der Waals surface area contributed by atoms with Gasteiger partial charge in [0.1, 0.15) is 0 Å². The number of nitriles is 1. The van der Waals surface area contributed by atoms with E-state index in [9.17, 15) is 0 Å². The van der Waals surface area contributed by atoms with E-state index in [4.69, 9.17) is 10.4 Å². The molecule has 0 fully saturated rings. The summed E-state index contributed by atoms with van der Waals surface area (Å²) in [6.07, 6.45) is 1.81. The van der Waals surface area contributed by atoms with Crippen LogP contribution in [-0.4, -0.2) is 18.3 Å². The lowest BCUT2D eigenvalue weighted by Gasteiger charge is -2.25. The first-order chi connectivity index (χ1) is 8.07. The zero-order valence-electron chi connectivity index (χ0n) is 10.5. The van der Waals surface area contributed by atoms with Gasteiger partial charge in [0.15, 0.2) is 0 Å². The number of nitrogens with zero attached hydrogens (tertiary/aromatic N) is 1. The summed E-state index contributed by atoms with van der Waals surface area (Å²) in [5, 5.41) is 21.0. The van der Waals surface area contributed by atoms with Crippen molar-refractivity contribution in [1.82, 2.24) is 0 Å². The van der Waals surface area contributed by atoms with Crippen LogP contribution in [0.4, 0.5) is 5.69 Å². The molecule has 0 unspecified atom stereocenters. The summed E-state index contributed by atoms with van der Waals surface area (Å²) in [6.45, 7) is 5.42. The number of anilines is 1.